The maximum absolute atomic E-state index is 13.3. The molecule has 0 radical (unpaired) electrons. The van der Waals surface area contributed by atoms with Crippen molar-refractivity contribution in [1.29, 1.82) is 0 Å². The minimum absolute atomic E-state index is 0.00549. The molecule has 0 aromatic heterocycles. The van der Waals surface area contributed by atoms with Gasteiger partial charge in [-0.1, -0.05) is 0 Å². The number of halogens is 1. The predicted molar refractivity (Wildman–Crippen MR) is 56.9 cm³/mol. The highest BCUT2D eigenvalue weighted by atomic mass is 19.1. The molecular weight excluding hydrogens is 197 g/mol. The minimum atomic E-state index is -0.428. The lowest BCUT2D eigenvalue weighted by Crippen LogP contribution is -2.18. The van der Waals surface area contributed by atoms with Gasteiger partial charge in [0.2, 0.25) is 0 Å². The summed E-state index contributed by atoms with van der Waals surface area (Å²) in [6.07, 6.45) is 0.625. The van der Waals surface area contributed by atoms with E-state index in [2.05, 4.69) is 0 Å². The fourth-order valence-electron chi connectivity index (χ4n) is 1.43. The average Bonchev–Trinajstić information content (AvgIpc) is 2.19. The van der Waals surface area contributed by atoms with E-state index in [4.69, 9.17) is 15.2 Å². The van der Waals surface area contributed by atoms with E-state index in [1.807, 2.05) is 6.92 Å². The quantitative estimate of drug-likeness (QED) is 0.828. The highest BCUT2D eigenvalue weighted by Gasteiger charge is 2.11. The third-order valence-electron chi connectivity index (χ3n) is 2.10. The van der Waals surface area contributed by atoms with Crippen molar-refractivity contribution in [2.45, 2.75) is 19.4 Å². The van der Waals surface area contributed by atoms with Gasteiger partial charge in [-0.15, -0.1) is 0 Å². The third-order valence-corrected chi connectivity index (χ3v) is 2.10. The molecule has 0 amide bonds. The lowest BCUT2D eigenvalue weighted by atomic mass is 10.1. The third kappa shape index (κ3) is 2.83. The second kappa shape index (κ2) is 4.98. The molecule has 3 nitrogen and oxygen atoms in total. The molecule has 0 aliphatic rings. The number of hydrogen-bond acceptors (Lipinski definition) is 3. The highest BCUT2D eigenvalue weighted by molar-refractivity contribution is 5.41. The van der Waals surface area contributed by atoms with E-state index in [0.29, 0.717) is 12.2 Å². The summed E-state index contributed by atoms with van der Waals surface area (Å²) in [6.45, 7) is 1.88. The molecule has 1 atom stereocenters. The Balaban J connectivity index is 3.10. The van der Waals surface area contributed by atoms with E-state index < -0.39 is 5.82 Å². The molecule has 0 aliphatic heterocycles. The number of methoxy groups -OCH3 is 2. The zero-order valence-electron chi connectivity index (χ0n) is 9.21. The topological polar surface area (TPSA) is 44.5 Å². The molecule has 2 N–H and O–H groups in total. The van der Waals surface area contributed by atoms with Crippen molar-refractivity contribution in [2.24, 2.45) is 5.73 Å². The van der Waals surface area contributed by atoms with Crippen molar-refractivity contribution in [3.05, 3.63) is 23.5 Å². The summed E-state index contributed by atoms with van der Waals surface area (Å²) in [6, 6.07) is 2.93. The molecule has 1 rings (SSSR count). The lowest BCUT2D eigenvalue weighted by Gasteiger charge is -2.12. The van der Waals surface area contributed by atoms with Crippen LogP contribution in [0.3, 0.4) is 0 Å². The Bertz CT molecular complexity index is 340. The molecule has 1 aromatic carbocycles. The normalized spacial score (nSPS) is 12.3. The van der Waals surface area contributed by atoms with Gasteiger partial charge in [-0.2, -0.15) is 0 Å². The van der Waals surface area contributed by atoms with E-state index in [-0.39, 0.29) is 11.8 Å². The number of rotatable bonds is 4. The summed E-state index contributed by atoms with van der Waals surface area (Å²) in [7, 11) is 2.94. The first-order valence-electron chi connectivity index (χ1n) is 4.74. The van der Waals surface area contributed by atoms with E-state index in [9.17, 15) is 4.39 Å². The van der Waals surface area contributed by atoms with Gasteiger partial charge in [0, 0.05) is 12.1 Å². The molecule has 0 bridgehead atoms. The summed E-state index contributed by atoms with van der Waals surface area (Å²) in [4.78, 5) is 0. The van der Waals surface area contributed by atoms with Gasteiger partial charge in [-0.25, -0.2) is 4.39 Å². The van der Waals surface area contributed by atoms with Crippen LogP contribution in [-0.2, 0) is 6.42 Å². The van der Waals surface area contributed by atoms with Crippen LogP contribution < -0.4 is 15.2 Å². The van der Waals surface area contributed by atoms with Crippen LogP contribution in [0.15, 0.2) is 12.1 Å². The molecule has 0 saturated heterocycles. The van der Waals surface area contributed by atoms with Crippen LogP contribution in [0.25, 0.3) is 0 Å². The zero-order chi connectivity index (χ0) is 11.4. The van der Waals surface area contributed by atoms with E-state index >= 15 is 0 Å². The Morgan fingerprint density at radius 1 is 1.27 bits per heavy atom. The fourth-order valence-corrected chi connectivity index (χ4v) is 1.43. The van der Waals surface area contributed by atoms with Crippen LogP contribution >= 0.6 is 0 Å². The van der Waals surface area contributed by atoms with Crippen molar-refractivity contribution >= 4 is 0 Å². The molecule has 0 fully saturated rings. The molecule has 0 unspecified atom stereocenters. The molecule has 4 heteroatoms. The molecule has 84 valence electrons. The lowest BCUT2D eigenvalue weighted by molar-refractivity contribution is 0.373. The zero-order valence-corrected chi connectivity index (χ0v) is 9.21. The van der Waals surface area contributed by atoms with Crippen LogP contribution in [0.1, 0.15) is 12.5 Å². The van der Waals surface area contributed by atoms with E-state index in [1.54, 1.807) is 6.07 Å². The van der Waals surface area contributed by atoms with E-state index in [1.165, 1.54) is 20.3 Å². The van der Waals surface area contributed by atoms with Crippen LogP contribution in [0.4, 0.5) is 4.39 Å². The van der Waals surface area contributed by atoms with Gasteiger partial charge in [-0.3, -0.25) is 0 Å². The molecule has 1 aromatic rings. The smallest absolute Gasteiger partial charge is 0.168 e. The molecule has 0 saturated carbocycles. The summed E-state index contributed by atoms with van der Waals surface area (Å²) in [5.41, 5.74) is 6.54. The van der Waals surface area contributed by atoms with Gasteiger partial charge in [0.25, 0.3) is 0 Å². The molecule has 0 spiro atoms. The van der Waals surface area contributed by atoms with Gasteiger partial charge in [0.05, 0.1) is 14.2 Å². The Morgan fingerprint density at radius 2 is 1.87 bits per heavy atom. The predicted octanol–water partition coefficient (Wildman–Crippen LogP) is 1.73. The van der Waals surface area contributed by atoms with Crippen LogP contribution in [0.2, 0.25) is 0 Å². The van der Waals surface area contributed by atoms with Crippen molar-refractivity contribution in [1.82, 2.24) is 0 Å². The van der Waals surface area contributed by atoms with Crippen LogP contribution in [-0.4, -0.2) is 20.3 Å². The second-order valence-corrected chi connectivity index (χ2v) is 3.48. The number of ether oxygens (including phenoxy) is 2. The van der Waals surface area contributed by atoms with Crippen molar-refractivity contribution in [3.63, 3.8) is 0 Å². The monoisotopic (exact) mass is 213 g/mol. The van der Waals surface area contributed by atoms with E-state index in [0.717, 1.165) is 5.56 Å². The molecule has 15 heavy (non-hydrogen) atoms. The molecular formula is C11H16FNO2. The first kappa shape index (κ1) is 11.8. The first-order chi connectivity index (χ1) is 7.08. The fraction of sp³-hybridized carbons (Fsp3) is 0.455. The van der Waals surface area contributed by atoms with Crippen LogP contribution in [0, 0.1) is 5.82 Å². The van der Waals surface area contributed by atoms with Crippen molar-refractivity contribution < 1.29 is 13.9 Å². The molecule has 0 aliphatic carbocycles. The highest BCUT2D eigenvalue weighted by Crippen LogP contribution is 2.28. The minimum Gasteiger partial charge on any atom is -0.496 e. The summed E-state index contributed by atoms with van der Waals surface area (Å²) < 4.78 is 23.3. The van der Waals surface area contributed by atoms with Gasteiger partial charge in [0.15, 0.2) is 11.6 Å². The largest absolute Gasteiger partial charge is 0.496 e. The Hall–Kier alpha value is -1.29. The number of hydrogen-bond donors (Lipinski definition) is 1. The SMILES string of the molecule is COc1cc(C[C@@H](C)N)c(OC)cc1F. The summed E-state index contributed by atoms with van der Waals surface area (Å²) in [5.74, 6) is 0.292. The number of benzene rings is 1. The Labute approximate surface area is 89.0 Å². The average molecular weight is 213 g/mol. The first-order valence-corrected chi connectivity index (χ1v) is 4.74. The Morgan fingerprint density at radius 3 is 2.33 bits per heavy atom. The standard InChI is InChI=1S/C11H16FNO2/c1-7(13)4-8-5-11(15-3)9(12)6-10(8)14-2/h5-7H,4,13H2,1-3H3/t7-/m1/s1. The summed E-state index contributed by atoms with van der Waals surface area (Å²) >= 11 is 0. The second-order valence-electron chi connectivity index (χ2n) is 3.48. The van der Waals surface area contributed by atoms with Gasteiger partial charge >= 0.3 is 0 Å². The van der Waals surface area contributed by atoms with Gasteiger partial charge in [0.1, 0.15) is 5.75 Å². The maximum atomic E-state index is 13.3. The molecule has 0 heterocycles. The van der Waals surface area contributed by atoms with Crippen LogP contribution in [0.5, 0.6) is 11.5 Å². The van der Waals surface area contributed by atoms with Gasteiger partial charge in [-0.05, 0) is 25.0 Å². The maximum Gasteiger partial charge on any atom is 0.168 e. The number of nitrogens with two attached hydrogens (primary N) is 1. The van der Waals surface area contributed by atoms with Crippen molar-refractivity contribution in [2.75, 3.05) is 14.2 Å². The van der Waals surface area contributed by atoms with Gasteiger partial charge < -0.3 is 15.2 Å². The summed E-state index contributed by atoms with van der Waals surface area (Å²) in [5, 5.41) is 0. The Kier molecular flexibility index (Phi) is 3.91. The van der Waals surface area contributed by atoms with Crippen molar-refractivity contribution in [3.8, 4) is 11.5 Å².